The standard InChI is InChI=1S/C11H20N2O2/c1-11(3-4-11)7-13-10(14)9-5-8(15-2)6-12-9/h8-9,12H,3-7H2,1-2H3,(H,13,14). The van der Waals surface area contributed by atoms with E-state index in [2.05, 4.69) is 17.6 Å². The van der Waals surface area contributed by atoms with Gasteiger partial charge in [0.25, 0.3) is 0 Å². The van der Waals surface area contributed by atoms with Gasteiger partial charge >= 0.3 is 0 Å². The molecule has 1 saturated heterocycles. The Hall–Kier alpha value is -0.610. The number of rotatable bonds is 4. The highest BCUT2D eigenvalue weighted by atomic mass is 16.5. The van der Waals surface area contributed by atoms with Crippen molar-refractivity contribution in [3.63, 3.8) is 0 Å². The van der Waals surface area contributed by atoms with Gasteiger partial charge in [-0.2, -0.15) is 0 Å². The number of nitrogens with one attached hydrogen (secondary N) is 2. The molecule has 2 fully saturated rings. The van der Waals surface area contributed by atoms with Crippen LogP contribution in [0, 0.1) is 5.41 Å². The van der Waals surface area contributed by atoms with Crippen LogP contribution in [0.4, 0.5) is 0 Å². The lowest BCUT2D eigenvalue weighted by molar-refractivity contribution is -0.123. The molecule has 15 heavy (non-hydrogen) atoms. The van der Waals surface area contributed by atoms with Crippen molar-refractivity contribution in [2.75, 3.05) is 20.2 Å². The Labute approximate surface area is 90.8 Å². The van der Waals surface area contributed by atoms with Crippen LogP contribution >= 0.6 is 0 Å². The monoisotopic (exact) mass is 212 g/mol. The fourth-order valence-corrected chi connectivity index (χ4v) is 1.90. The second-order valence-electron chi connectivity index (χ2n) is 5.08. The lowest BCUT2D eigenvalue weighted by atomic mass is 10.1. The lowest BCUT2D eigenvalue weighted by Gasteiger charge is -2.14. The lowest BCUT2D eigenvalue weighted by Crippen LogP contribution is -2.42. The summed E-state index contributed by atoms with van der Waals surface area (Å²) in [6, 6.07) is -0.0581. The summed E-state index contributed by atoms with van der Waals surface area (Å²) in [5, 5.41) is 6.19. The zero-order valence-corrected chi connectivity index (χ0v) is 9.51. The molecule has 0 aromatic heterocycles. The normalized spacial score (nSPS) is 32.7. The predicted octanol–water partition coefficient (Wildman–Crippen LogP) is 0.280. The molecule has 2 rings (SSSR count). The average molecular weight is 212 g/mol. The van der Waals surface area contributed by atoms with Crippen molar-refractivity contribution in [1.29, 1.82) is 0 Å². The van der Waals surface area contributed by atoms with E-state index in [0.717, 1.165) is 19.5 Å². The highest BCUT2D eigenvalue weighted by molar-refractivity contribution is 5.82. The fourth-order valence-electron chi connectivity index (χ4n) is 1.90. The molecule has 1 aliphatic carbocycles. The Bertz CT molecular complexity index is 251. The summed E-state index contributed by atoms with van der Waals surface area (Å²) < 4.78 is 5.21. The summed E-state index contributed by atoms with van der Waals surface area (Å²) in [6.07, 6.45) is 3.47. The Morgan fingerprint density at radius 2 is 2.33 bits per heavy atom. The van der Waals surface area contributed by atoms with E-state index in [1.54, 1.807) is 7.11 Å². The summed E-state index contributed by atoms with van der Waals surface area (Å²) in [6.45, 7) is 3.82. The molecular weight excluding hydrogens is 192 g/mol. The molecule has 0 bridgehead atoms. The van der Waals surface area contributed by atoms with Crippen LogP contribution in [0.15, 0.2) is 0 Å². The second kappa shape index (κ2) is 4.10. The van der Waals surface area contributed by atoms with Crippen LogP contribution in [0.1, 0.15) is 26.2 Å². The molecule has 1 heterocycles. The van der Waals surface area contributed by atoms with Gasteiger partial charge in [0.05, 0.1) is 12.1 Å². The Morgan fingerprint density at radius 1 is 1.60 bits per heavy atom. The first-order valence-corrected chi connectivity index (χ1v) is 5.67. The number of carbonyl (C=O) groups is 1. The van der Waals surface area contributed by atoms with Crippen molar-refractivity contribution < 1.29 is 9.53 Å². The summed E-state index contributed by atoms with van der Waals surface area (Å²) in [5.41, 5.74) is 0.384. The smallest absolute Gasteiger partial charge is 0.237 e. The maximum Gasteiger partial charge on any atom is 0.237 e. The fraction of sp³-hybridized carbons (Fsp3) is 0.909. The average Bonchev–Trinajstić information content (AvgIpc) is 2.81. The van der Waals surface area contributed by atoms with Gasteiger partial charge in [-0.25, -0.2) is 0 Å². The van der Waals surface area contributed by atoms with Crippen molar-refractivity contribution in [1.82, 2.24) is 10.6 Å². The molecule has 2 unspecified atom stereocenters. The first-order chi connectivity index (χ1) is 7.13. The van der Waals surface area contributed by atoms with Crippen molar-refractivity contribution in [2.24, 2.45) is 5.41 Å². The Kier molecular flexibility index (Phi) is 2.98. The van der Waals surface area contributed by atoms with Gasteiger partial charge in [0.15, 0.2) is 0 Å². The summed E-state index contributed by atoms with van der Waals surface area (Å²) >= 11 is 0. The molecule has 1 aliphatic heterocycles. The first-order valence-electron chi connectivity index (χ1n) is 5.67. The van der Waals surface area contributed by atoms with E-state index in [4.69, 9.17) is 4.74 Å². The molecule has 2 N–H and O–H groups in total. The SMILES string of the molecule is COC1CNC(C(=O)NCC2(C)CC2)C1. The maximum absolute atomic E-state index is 11.8. The minimum Gasteiger partial charge on any atom is -0.380 e. The molecule has 1 saturated carbocycles. The molecule has 0 radical (unpaired) electrons. The van der Waals surface area contributed by atoms with E-state index >= 15 is 0 Å². The van der Waals surface area contributed by atoms with Gasteiger partial charge in [-0.15, -0.1) is 0 Å². The van der Waals surface area contributed by atoms with Crippen LogP contribution in [-0.4, -0.2) is 38.3 Å². The molecule has 0 aromatic carbocycles. The van der Waals surface area contributed by atoms with Crippen LogP contribution in [0.5, 0.6) is 0 Å². The third-order valence-corrected chi connectivity index (χ3v) is 3.53. The largest absolute Gasteiger partial charge is 0.380 e. The number of hydrogen-bond acceptors (Lipinski definition) is 3. The number of amides is 1. The van der Waals surface area contributed by atoms with Crippen molar-refractivity contribution in [3.05, 3.63) is 0 Å². The third-order valence-electron chi connectivity index (χ3n) is 3.53. The van der Waals surface area contributed by atoms with Crippen LogP contribution in [0.2, 0.25) is 0 Å². The van der Waals surface area contributed by atoms with E-state index in [0.29, 0.717) is 5.41 Å². The van der Waals surface area contributed by atoms with E-state index in [9.17, 15) is 4.79 Å². The van der Waals surface area contributed by atoms with Gasteiger partial charge < -0.3 is 15.4 Å². The van der Waals surface area contributed by atoms with Crippen LogP contribution < -0.4 is 10.6 Å². The minimum absolute atomic E-state index is 0.0581. The molecule has 1 amide bonds. The van der Waals surface area contributed by atoms with E-state index in [-0.39, 0.29) is 18.1 Å². The summed E-state index contributed by atoms with van der Waals surface area (Å²) in [4.78, 5) is 11.8. The van der Waals surface area contributed by atoms with Crippen molar-refractivity contribution >= 4 is 5.91 Å². The van der Waals surface area contributed by atoms with Gasteiger partial charge in [0.1, 0.15) is 0 Å². The Morgan fingerprint density at radius 3 is 2.87 bits per heavy atom. The second-order valence-corrected chi connectivity index (χ2v) is 5.08. The summed E-state index contributed by atoms with van der Waals surface area (Å²) in [5.74, 6) is 0.127. The van der Waals surface area contributed by atoms with Gasteiger partial charge in [0, 0.05) is 20.2 Å². The highest BCUT2D eigenvalue weighted by Gasteiger charge is 2.38. The van der Waals surface area contributed by atoms with Crippen molar-refractivity contribution in [3.8, 4) is 0 Å². The van der Waals surface area contributed by atoms with Gasteiger partial charge in [-0.1, -0.05) is 6.92 Å². The van der Waals surface area contributed by atoms with Crippen LogP contribution in [0.25, 0.3) is 0 Å². The maximum atomic E-state index is 11.8. The van der Waals surface area contributed by atoms with Crippen molar-refractivity contribution in [2.45, 2.75) is 38.3 Å². The molecule has 86 valence electrons. The number of methoxy groups -OCH3 is 1. The topological polar surface area (TPSA) is 50.4 Å². The third kappa shape index (κ3) is 2.69. The number of ether oxygens (including phenoxy) is 1. The van der Waals surface area contributed by atoms with E-state index < -0.39 is 0 Å². The van der Waals surface area contributed by atoms with Gasteiger partial charge in [0.2, 0.25) is 5.91 Å². The van der Waals surface area contributed by atoms with E-state index in [1.807, 2.05) is 0 Å². The number of carbonyl (C=O) groups excluding carboxylic acids is 1. The first kappa shape index (κ1) is 10.9. The van der Waals surface area contributed by atoms with E-state index in [1.165, 1.54) is 12.8 Å². The Balaban J connectivity index is 1.72. The zero-order valence-electron chi connectivity index (χ0n) is 9.51. The quantitative estimate of drug-likeness (QED) is 0.704. The molecule has 2 atom stereocenters. The zero-order chi connectivity index (χ0) is 10.9. The summed E-state index contributed by atoms with van der Waals surface area (Å²) in [7, 11) is 1.69. The minimum atomic E-state index is -0.0581. The molecule has 2 aliphatic rings. The molecule has 0 aromatic rings. The predicted molar refractivity (Wildman–Crippen MR) is 57.6 cm³/mol. The van der Waals surface area contributed by atoms with Gasteiger partial charge in [-0.05, 0) is 24.7 Å². The van der Waals surface area contributed by atoms with Gasteiger partial charge in [-0.3, -0.25) is 4.79 Å². The molecule has 4 nitrogen and oxygen atoms in total. The molecule has 4 heteroatoms. The highest BCUT2D eigenvalue weighted by Crippen LogP contribution is 2.44. The number of hydrogen-bond donors (Lipinski definition) is 2. The van der Waals surface area contributed by atoms with Crippen LogP contribution in [-0.2, 0) is 9.53 Å². The molecule has 0 spiro atoms. The van der Waals surface area contributed by atoms with Crippen LogP contribution in [0.3, 0.4) is 0 Å². The molecular formula is C11H20N2O2.